The fraction of sp³-hybridized carbons (Fsp3) is 0.429. The lowest BCUT2D eigenvalue weighted by molar-refractivity contribution is -0.140. The molecule has 2 rings (SSSR count). The van der Waals surface area contributed by atoms with E-state index in [0.29, 0.717) is 30.5 Å². The van der Waals surface area contributed by atoms with Crippen molar-refractivity contribution in [3.63, 3.8) is 0 Å². The van der Waals surface area contributed by atoms with Crippen LogP contribution in [0, 0.1) is 0 Å². The van der Waals surface area contributed by atoms with Gasteiger partial charge in [-0.05, 0) is 12.1 Å². The lowest BCUT2D eigenvalue weighted by atomic mass is 10.3. The summed E-state index contributed by atoms with van der Waals surface area (Å²) >= 11 is 1.01. The first-order chi connectivity index (χ1) is 11.0. The minimum absolute atomic E-state index is 0. The SMILES string of the molecule is CN=C(NCCc1ccco1)NCCc1nc(C(F)(F)F)cs1.I. The maximum Gasteiger partial charge on any atom is 0.434 e. The minimum atomic E-state index is -4.38. The molecule has 0 saturated heterocycles. The molecule has 2 aromatic heterocycles. The van der Waals surface area contributed by atoms with E-state index in [-0.39, 0.29) is 24.0 Å². The van der Waals surface area contributed by atoms with Crippen molar-refractivity contribution in [3.05, 3.63) is 40.2 Å². The van der Waals surface area contributed by atoms with Crippen molar-refractivity contribution in [2.45, 2.75) is 19.0 Å². The number of nitrogens with zero attached hydrogens (tertiary/aromatic N) is 2. The van der Waals surface area contributed by atoms with Gasteiger partial charge in [0.1, 0.15) is 5.76 Å². The second-order valence-electron chi connectivity index (χ2n) is 4.63. The van der Waals surface area contributed by atoms with Crippen LogP contribution >= 0.6 is 35.3 Å². The van der Waals surface area contributed by atoms with Crippen molar-refractivity contribution in [3.8, 4) is 0 Å². The van der Waals surface area contributed by atoms with Crippen molar-refractivity contribution >= 4 is 41.3 Å². The lowest BCUT2D eigenvalue weighted by Gasteiger charge is -2.10. The van der Waals surface area contributed by atoms with E-state index in [1.54, 1.807) is 13.3 Å². The number of nitrogens with one attached hydrogen (secondary N) is 2. The van der Waals surface area contributed by atoms with Crippen LogP contribution in [0.25, 0.3) is 0 Å². The van der Waals surface area contributed by atoms with E-state index in [9.17, 15) is 13.2 Å². The van der Waals surface area contributed by atoms with Crippen LogP contribution in [0.1, 0.15) is 16.5 Å². The maximum absolute atomic E-state index is 12.5. The monoisotopic (exact) mass is 474 g/mol. The minimum Gasteiger partial charge on any atom is -0.469 e. The number of aliphatic imine (C=N–C) groups is 1. The molecule has 0 fully saturated rings. The van der Waals surface area contributed by atoms with Gasteiger partial charge >= 0.3 is 6.18 Å². The fourth-order valence-electron chi connectivity index (χ4n) is 1.82. The molecule has 0 unspecified atom stereocenters. The molecule has 2 aromatic rings. The molecule has 24 heavy (non-hydrogen) atoms. The summed E-state index contributed by atoms with van der Waals surface area (Å²) in [5, 5.41) is 7.62. The largest absolute Gasteiger partial charge is 0.469 e. The number of alkyl halides is 3. The van der Waals surface area contributed by atoms with Gasteiger partial charge in [0.25, 0.3) is 0 Å². The number of aromatic nitrogens is 1. The predicted molar refractivity (Wildman–Crippen MR) is 98.0 cm³/mol. The van der Waals surface area contributed by atoms with E-state index in [2.05, 4.69) is 20.6 Å². The summed E-state index contributed by atoms with van der Waals surface area (Å²) in [6.45, 7) is 1.09. The van der Waals surface area contributed by atoms with Crippen molar-refractivity contribution in [1.82, 2.24) is 15.6 Å². The molecule has 0 aliphatic rings. The summed E-state index contributed by atoms with van der Waals surface area (Å²) in [7, 11) is 1.63. The third-order valence-electron chi connectivity index (χ3n) is 2.94. The quantitative estimate of drug-likeness (QED) is 0.383. The van der Waals surface area contributed by atoms with Crippen LogP contribution < -0.4 is 10.6 Å². The Labute approximate surface area is 158 Å². The average molecular weight is 474 g/mol. The molecular formula is C14H18F3IN4OS. The molecule has 0 bridgehead atoms. The van der Waals surface area contributed by atoms with E-state index in [1.165, 1.54) is 0 Å². The molecule has 0 saturated carbocycles. The molecule has 0 amide bonds. The molecule has 0 radical (unpaired) electrons. The molecule has 0 aliphatic carbocycles. The Morgan fingerprint density at radius 3 is 2.54 bits per heavy atom. The second-order valence-corrected chi connectivity index (χ2v) is 5.57. The first kappa shape index (κ1) is 20.7. The third-order valence-corrected chi connectivity index (χ3v) is 3.85. The van der Waals surface area contributed by atoms with Gasteiger partial charge < -0.3 is 15.1 Å². The van der Waals surface area contributed by atoms with Gasteiger partial charge in [-0.3, -0.25) is 4.99 Å². The molecule has 0 aromatic carbocycles. The Bertz CT molecular complexity index is 628. The summed E-state index contributed by atoms with van der Waals surface area (Å²) in [4.78, 5) is 7.63. The van der Waals surface area contributed by atoms with Crippen LogP contribution in [0.3, 0.4) is 0 Å². The second kappa shape index (κ2) is 9.87. The number of hydrogen-bond donors (Lipinski definition) is 2. The summed E-state index contributed by atoms with van der Waals surface area (Å²) < 4.78 is 42.6. The van der Waals surface area contributed by atoms with Crippen LogP contribution in [-0.2, 0) is 19.0 Å². The topological polar surface area (TPSA) is 62.5 Å². The van der Waals surface area contributed by atoms with Crippen LogP contribution in [0.4, 0.5) is 13.2 Å². The van der Waals surface area contributed by atoms with Gasteiger partial charge in [0.05, 0.1) is 11.3 Å². The molecule has 0 spiro atoms. The molecule has 5 nitrogen and oxygen atoms in total. The molecular weight excluding hydrogens is 456 g/mol. The van der Waals surface area contributed by atoms with E-state index < -0.39 is 11.9 Å². The van der Waals surface area contributed by atoms with Gasteiger partial charge in [-0.15, -0.1) is 35.3 Å². The Morgan fingerprint density at radius 1 is 1.29 bits per heavy atom. The molecule has 0 aliphatic heterocycles. The van der Waals surface area contributed by atoms with Gasteiger partial charge in [0.15, 0.2) is 11.7 Å². The van der Waals surface area contributed by atoms with E-state index >= 15 is 0 Å². The standard InChI is InChI=1S/C14H17F3N4OS.HI/c1-18-13(19-6-4-10-3-2-8-22-10)20-7-5-12-21-11(9-23-12)14(15,16)17;/h2-3,8-9H,4-7H2,1H3,(H2,18,19,20);1H. The Morgan fingerprint density at radius 2 is 2.00 bits per heavy atom. The van der Waals surface area contributed by atoms with Crippen molar-refractivity contribution in [2.75, 3.05) is 20.1 Å². The Balaban J connectivity index is 0.00000288. The van der Waals surface area contributed by atoms with Crippen LogP contribution in [0.2, 0.25) is 0 Å². The predicted octanol–water partition coefficient (Wildman–Crippen LogP) is 3.32. The summed E-state index contributed by atoms with van der Waals surface area (Å²) in [6, 6.07) is 3.71. The van der Waals surface area contributed by atoms with Gasteiger partial charge in [-0.1, -0.05) is 0 Å². The average Bonchev–Trinajstić information content (AvgIpc) is 3.16. The highest BCUT2D eigenvalue weighted by atomic mass is 127. The number of rotatable bonds is 6. The van der Waals surface area contributed by atoms with Gasteiger partial charge in [0.2, 0.25) is 0 Å². The van der Waals surface area contributed by atoms with Crippen LogP contribution in [-0.4, -0.2) is 31.1 Å². The van der Waals surface area contributed by atoms with E-state index in [0.717, 1.165) is 28.9 Å². The molecule has 2 N–H and O–H groups in total. The zero-order valence-corrected chi connectivity index (χ0v) is 16.0. The zero-order chi connectivity index (χ0) is 16.7. The first-order valence-electron chi connectivity index (χ1n) is 6.97. The highest BCUT2D eigenvalue weighted by Crippen LogP contribution is 2.29. The van der Waals surface area contributed by atoms with Gasteiger partial charge in [0, 0.05) is 38.4 Å². The first-order valence-corrected chi connectivity index (χ1v) is 7.85. The Hall–Kier alpha value is -1.30. The maximum atomic E-state index is 12.5. The van der Waals surface area contributed by atoms with Gasteiger partial charge in [-0.25, -0.2) is 4.98 Å². The molecule has 10 heteroatoms. The highest BCUT2D eigenvalue weighted by Gasteiger charge is 2.33. The molecule has 0 atom stereocenters. The Kier molecular flexibility index (Phi) is 8.53. The van der Waals surface area contributed by atoms with Gasteiger partial charge in [-0.2, -0.15) is 13.2 Å². The highest BCUT2D eigenvalue weighted by molar-refractivity contribution is 14.0. The van der Waals surface area contributed by atoms with E-state index in [1.807, 2.05) is 12.1 Å². The number of thiazole rings is 1. The fourth-order valence-corrected chi connectivity index (χ4v) is 2.63. The number of guanidine groups is 1. The van der Waals surface area contributed by atoms with Crippen LogP contribution in [0.15, 0.2) is 33.2 Å². The van der Waals surface area contributed by atoms with Crippen LogP contribution in [0.5, 0.6) is 0 Å². The van der Waals surface area contributed by atoms with Crippen molar-refractivity contribution in [1.29, 1.82) is 0 Å². The zero-order valence-electron chi connectivity index (χ0n) is 12.9. The smallest absolute Gasteiger partial charge is 0.434 e. The number of furan rings is 1. The van der Waals surface area contributed by atoms with Crippen molar-refractivity contribution < 1.29 is 17.6 Å². The lowest BCUT2D eigenvalue weighted by Crippen LogP contribution is -2.39. The number of hydrogen-bond acceptors (Lipinski definition) is 4. The third kappa shape index (κ3) is 6.67. The van der Waals surface area contributed by atoms with E-state index in [4.69, 9.17) is 4.42 Å². The molecule has 2 heterocycles. The summed E-state index contributed by atoms with van der Waals surface area (Å²) in [6.07, 6.45) is -1.65. The number of halogens is 4. The molecule has 134 valence electrons. The summed E-state index contributed by atoms with van der Waals surface area (Å²) in [5.41, 5.74) is -0.835. The summed E-state index contributed by atoms with van der Waals surface area (Å²) in [5.74, 6) is 1.46. The normalized spacial score (nSPS) is 11.9. The van der Waals surface area contributed by atoms with Crippen molar-refractivity contribution in [2.24, 2.45) is 4.99 Å².